The Kier molecular flexibility index (Phi) is 3.98. The second kappa shape index (κ2) is 5.99. The number of halogens is 1. The normalized spacial score (nSPS) is 31.3. The molecule has 5 heteroatoms. The average Bonchev–Trinajstić information content (AvgIpc) is 2.53. The number of piperidine rings is 3. The quantitative estimate of drug-likeness (QED) is 0.683. The zero-order valence-corrected chi connectivity index (χ0v) is 13.9. The molecule has 1 amide bonds. The van der Waals surface area contributed by atoms with Crippen molar-refractivity contribution in [1.82, 2.24) is 10.2 Å². The van der Waals surface area contributed by atoms with Crippen LogP contribution in [0.4, 0.5) is 0 Å². The maximum absolute atomic E-state index is 12.5. The van der Waals surface area contributed by atoms with Crippen LogP contribution in [0.2, 0.25) is 5.02 Å². The van der Waals surface area contributed by atoms with E-state index in [1.54, 1.807) is 0 Å². The second-order valence-electron chi connectivity index (χ2n) is 7.13. The Balaban J connectivity index is 1.46. The van der Waals surface area contributed by atoms with E-state index < -0.39 is 0 Å². The van der Waals surface area contributed by atoms with Crippen LogP contribution in [0, 0.1) is 17.8 Å². The lowest BCUT2D eigenvalue weighted by molar-refractivity contribution is -0.117. The molecule has 0 spiro atoms. The van der Waals surface area contributed by atoms with E-state index in [0.717, 1.165) is 24.6 Å². The van der Waals surface area contributed by atoms with Crippen LogP contribution in [-0.2, 0) is 11.3 Å². The number of carbonyl (C=O) groups excluding carboxylic acids is 1. The van der Waals surface area contributed by atoms with Crippen molar-refractivity contribution in [2.75, 3.05) is 19.6 Å². The molecule has 118 valence electrons. The van der Waals surface area contributed by atoms with Crippen molar-refractivity contribution in [1.29, 1.82) is 0 Å². The molecule has 3 nitrogen and oxygen atoms in total. The lowest BCUT2D eigenvalue weighted by Gasteiger charge is -2.53. The number of nitrogens with one attached hydrogen (secondary N) is 1. The molecule has 23 heavy (non-hydrogen) atoms. The van der Waals surface area contributed by atoms with E-state index in [1.807, 2.05) is 24.3 Å². The second-order valence-corrected chi connectivity index (χ2v) is 7.56. The highest BCUT2D eigenvalue weighted by Gasteiger charge is 2.45. The van der Waals surface area contributed by atoms with Crippen molar-refractivity contribution < 1.29 is 4.79 Å². The third-order valence-corrected chi connectivity index (χ3v) is 5.76. The molecule has 4 fully saturated rings. The van der Waals surface area contributed by atoms with Crippen LogP contribution in [0.25, 0.3) is 0 Å². The monoisotopic (exact) mass is 326 g/mol. The van der Waals surface area contributed by atoms with Crippen LogP contribution in [0.5, 0.6) is 0 Å². The molecule has 4 aliphatic rings. The topological polar surface area (TPSA) is 32.3 Å². The number of hydrogen-bond donors (Lipinski definition) is 1. The van der Waals surface area contributed by atoms with Gasteiger partial charge in [-0.1, -0.05) is 29.3 Å². The first-order valence-electron chi connectivity index (χ1n) is 8.34. The average molecular weight is 327 g/mol. The Labute approximate surface area is 143 Å². The zero-order chi connectivity index (χ0) is 16.0. The lowest BCUT2D eigenvalue weighted by atomic mass is 9.62. The van der Waals surface area contributed by atoms with Gasteiger partial charge in [-0.25, -0.2) is 0 Å². The Hall–Kier alpha value is -1.26. The summed E-state index contributed by atoms with van der Waals surface area (Å²) in [6.45, 7) is 3.87. The van der Waals surface area contributed by atoms with E-state index in [1.165, 1.54) is 25.0 Å². The minimum atomic E-state index is -0.127. The third-order valence-electron chi connectivity index (χ3n) is 5.51. The largest absolute Gasteiger partial charge is 0.349 e. The fraction of sp³-hybridized carbons (Fsp3) is 0.500. The first-order valence-corrected chi connectivity index (χ1v) is 8.72. The van der Waals surface area contributed by atoms with E-state index in [-0.39, 0.29) is 5.91 Å². The summed E-state index contributed by atoms with van der Waals surface area (Å²) < 4.78 is 0. The van der Waals surface area contributed by atoms with Crippen molar-refractivity contribution in [3.8, 4) is 0 Å². The highest BCUT2D eigenvalue weighted by atomic mass is 35.5. The van der Waals surface area contributed by atoms with Crippen LogP contribution in [-0.4, -0.2) is 38.3 Å². The maximum atomic E-state index is 12.5. The van der Waals surface area contributed by atoms with Gasteiger partial charge in [0.2, 0.25) is 5.91 Å². The number of rotatable bonds is 3. The third kappa shape index (κ3) is 2.95. The van der Waals surface area contributed by atoms with Crippen LogP contribution < -0.4 is 5.32 Å². The molecule has 1 N–H and O–H groups in total. The number of carbonyl (C=O) groups is 1. The van der Waals surface area contributed by atoms with Crippen molar-refractivity contribution >= 4 is 25.4 Å². The van der Waals surface area contributed by atoms with Crippen molar-refractivity contribution in [3.05, 3.63) is 45.9 Å². The molecule has 3 saturated heterocycles. The highest BCUT2D eigenvalue weighted by molar-refractivity contribution is 6.36. The van der Waals surface area contributed by atoms with Gasteiger partial charge in [0, 0.05) is 31.2 Å². The molecular formula is C18H20BClN2O. The molecule has 3 heterocycles. The van der Waals surface area contributed by atoms with Gasteiger partial charge in [0.05, 0.1) is 0 Å². The predicted molar refractivity (Wildman–Crippen MR) is 92.2 cm³/mol. The van der Waals surface area contributed by atoms with Gasteiger partial charge < -0.3 is 10.2 Å². The van der Waals surface area contributed by atoms with Gasteiger partial charge in [-0.05, 0) is 53.8 Å². The minimum absolute atomic E-state index is 0.127. The van der Waals surface area contributed by atoms with Gasteiger partial charge in [-0.2, -0.15) is 0 Å². The first-order chi connectivity index (χ1) is 11.1. The molecule has 2 radical (unpaired) electrons. The van der Waals surface area contributed by atoms with Gasteiger partial charge in [-0.15, -0.1) is 0 Å². The molecule has 3 aliphatic heterocycles. The molecule has 2 unspecified atom stereocenters. The summed E-state index contributed by atoms with van der Waals surface area (Å²) in [5.41, 5.74) is 2.72. The standard InChI is InChI=1S/C18H20BClN2O/c19-17(18(23)21-7-11-1-3-15(20)4-2-11)16-13-5-12-6-14(16)10-22(8-12)9-13/h1-4,12-14H,5-10H2,(H,21,23). The summed E-state index contributed by atoms with van der Waals surface area (Å²) in [5, 5.41) is 3.65. The maximum Gasteiger partial charge on any atom is 0.237 e. The Morgan fingerprint density at radius 2 is 1.83 bits per heavy atom. The molecule has 2 atom stereocenters. The molecule has 5 rings (SSSR count). The highest BCUT2D eigenvalue weighted by Crippen LogP contribution is 2.47. The summed E-state index contributed by atoms with van der Waals surface area (Å²) in [6.07, 6.45) is 2.40. The smallest absolute Gasteiger partial charge is 0.237 e. The summed E-state index contributed by atoms with van der Waals surface area (Å²) in [5.74, 6) is 1.66. The van der Waals surface area contributed by atoms with Gasteiger partial charge in [0.25, 0.3) is 0 Å². The van der Waals surface area contributed by atoms with E-state index in [9.17, 15) is 4.79 Å². The Bertz CT molecular complexity index is 625. The number of hydrogen-bond acceptors (Lipinski definition) is 2. The summed E-state index contributed by atoms with van der Waals surface area (Å²) in [4.78, 5) is 15.0. The Morgan fingerprint density at radius 3 is 2.43 bits per heavy atom. The fourth-order valence-electron chi connectivity index (χ4n) is 4.65. The van der Waals surface area contributed by atoms with Crippen LogP contribution in [0.1, 0.15) is 18.4 Å². The predicted octanol–water partition coefficient (Wildman–Crippen LogP) is 2.35. The number of amides is 1. The van der Waals surface area contributed by atoms with Gasteiger partial charge >= 0.3 is 0 Å². The van der Waals surface area contributed by atoms with Gasteiger partial charge in [0.1, 0.15) is 7.85 Å². The van der Waals surface area contributed by atoms with E-state index >= 15 is 0 Å². The molecule has 1 aromatic rings. The van der Waals surface area contributed by atoms with E-state index in [0.29, 0.717) is 28.9 Å². The molecule has 0 aromatic heterocycles. The molecule has 1 aromatic carbocycles. The summed E-state index contributed by atoms with van der Waals surface area (Å²) in [6, 6.07) is 7.50. The Morgan fingerprint density at radius 1 is 1.17 bits per heavy atom. The molecule has 1 saturated carbocycles. The summed E-state index contributed by atoms with van der Waals surface area (Å²) in [7, 11) is 6.26. The number of nitrogens with zero attached hydrogens (tertiary/aromatic N) is 1. The van der Waals surface area contributed by atoms with Crippen LogP contribution in [0.3, 0.4) is 0 Å². The van der Waals surface area contributed by atoms with Crippen molar-refractivity contribution in [2.24, 2.45) is 17.8 Å². The lowest BCUT2D eigenvalue weighted by Crippen LogP contribution is -2.55. The van der Waals surface area contributed by atoms with Crippen molar-refractivity contribution in [2.45, 2.75) is 19.4 Å². The fourth-order valence-corrected chi connectivity index (χ4v) is 4.77. The zero-order valence-electron chi connectivity index (χ0n) is 13.1. The minimum Gasteiger partial charge on any atom is -0.349 e. The van der Waals surface area contributed by atoms with Crippen LogP contribution in [0.15, 0.2) is 35.3 Å². The summed E-state index contributed by atoms with van der Waals surface area (Å²) >= 11 is 5.88. The van der Waals surface area contributed by atoms with E-state index in [4.69, 9.17) is 19.4 Å². The first kappa shape index (κ1) is 15.3. The van der Waals surface area contributed by atoms with Crippen LogP contribution >= 0.6 is 11.6 Å². The van der Waals surface area contributed by atoms with Crippen molar-refractivity contribution in [3.63, 3.8) is 0 Å². The van der Waals surface area contributed by atoms with Gasteiger partial charge in [0.15, 0.2) is 0 Å². The molecular weight excluding hydrogens is 306 g/mol. The van der Waals surface area contributed by atoms with E-state index in [2.05, 4.69) is 10.2 Å². The molecule has 4 bridgehead atoms. The number of benzene rings is 1. The van der Waals surface area contributed by atoms with Gasteiger partial charge in [-0.3, -0.25) is 4.79 Å². The SMILES string of the molecule is [B]C(C(=O)NCc1ccc(Cl)cc1)=C1C2CC3CC1CN(C3)C2. The molecule has 1 aliphatic carbocycles.